The molecule has 0 aromatic rings. The number of rotatable bonds is 3. The van der Waals surface area contributed by atoms with Crippen LogP contribution in [-0.2, 0) is 4.74 Å². The van der Waals surface area contributed by atoms with Crippen molar-refractivity contribution in [2.24, 2.45) is 11.8 Å². The molecule has 2 rings (SSSR count). The van der Waals surface area contributed by atoms with Crippen molar-refractivity contribution >= 4 is 0 Å². The Hall–Kier alpha value is -0.120. The van der Waals surface area contributed by atoms with E-state index in [1.807, 2.05) is 0 Å². The Morgan fingerprint density at radius 3 is 2.94 bits per heavy atom. The van der Waals surface area contributed by atoms with Crippen LogP contribution in [0.4, 0.5) is 0 Å². The molecule has 3 unspecified atom stereocenters. The quantitative estimate of drug-likeness (QED) is 0.813. The van der Waals surface area contributed by atoms with Gasteiger partial charge in [0.05, 0.1) is 0 Å². The Bertz CT molecular complexity index is 216. The van der Waals surface area contributed by atoms with Crippen molar-refractivity contribution < 1.29 is 4.74 Å². The summed E-state index contributed by atoms with van der Waals surface area (Å²) in [5.74, 6) is 1.60. The molecule has 0 saturated carbocycles. The first-order valence-corrected chi connectivity index (χ1v) is 7.27. The van der Waals surface area contributed by atoms with Gasteiger partial charge in [0.15, 0.2) is 0 Å². The Morgan fingerprint density at radius 2 is 2.18 bits per heavy atom. The van der Waals surface area contributed by atoms with Gasteiger partial charge in [-0.25, -0.2) is 0 Å². The minimum absolute atomic E-state index is 0.676. The van der Waals surface area contributed by atoms with Gasteiger partial charge in [0.1, 0.15) is 0 Å². The van der Waals surface area contributed by atoms with Crippen LogP contribution in [0, 0.1) is 11.8 Å². The first-order chi connectivity index (χ1) is 8.24. The van der Waals surface area contributed by atoms with E-state index in [0.717, 1.165) is 25.0 Å². The second-order valence-electron chi connectivity index (χ2n) is 6.02. The van der Waals surface area contributed by atoms with Crippen LogP contribution in [0.15, 0.2) is 0 Å². The summed E-state index contributed by atoms with van der Waals surface area (Å²) in [6, 6.07) is 0.676. The highest BCUT2D eigenvalue weighted by Gasteiger charge is 2.19. The number of hydrogen-bond acceptors (Lipinski definition) is 3. The number of nitrogens with zero attached hydrogens (tertiary/aromatic N) is 1. The number of ether oxygens (including phenoxy) is 1. The fourth-order valence-corrected chi connectivity index (χ4v) is 2.86. The van der Waals surface area contributed by atoms with Crippen LogP contribution in [0.5, 0.6) is 0 Å². The van der Waals surface area contributed by atoms with Crippen LogP contribution in [0.3, 0.4) is 0 Å². The molecular formula is C14H28N2O. The third kappa shape index (κ3) is 4.57. The van der Waals surface area contributed by atoms with E-state index in [9.17, 15) is 0 Å². The topological polar surface area (TPSA) is 24.5 Å². The molecule has 1 N–H and O–H groups in total. The fourth-order valence-electron chi connectivity index (χ4n) is 2.86. The zero-order chi connectivity index (χ0) is 12.1. The fraction of sp³-hybridized carbons (Fsp3) is 1.00. The van der Waals surface area contributed by atoms with Gasteiger partial charge >= 0.3 is 0 Å². The summed E-state index contributed by atoms with van der Waals surface area (Å²) in [6.45, 7) is 11.6. The molecule has 0 bridgehead atoms. The van der Waals surface area contributed by atoms with Gasteiger partial charge in [-0.15, -0.1) is 0 Å². The van der Waals surface area contributed by atoms with E-state index in [0.29, 0.717) is 6.04 Å². The standard InChI is InChI=1S/C14H28N2O/c1-12-9-15-13(2)3-6-16(10-12)7-4-14-5-8-17-11-14/h12-15H,3-11H2,1-2H3. The molecule has 0 aromatic carbocycles. The maximum absolute atomic E-state index is 5.45. The Balaban J connectivity index is 1.72. The van der Waals surface area contributed by atoms with E-state index in [4.69, 9.17) is 4.74 Å². The minimum atomic E-state index is 0.676. The van der Waals surface area contributed by atoms with E-state index < -0.39 is 0 Å². The molecule has 100 valence electrons. The van der Waals surface area contributed by atoms with Crippen molar-refractivity contribution in [3.8, 4) is 0 Å². The molecule has 17 heavy (non-hydrogen) atoms. The highest BCUT2D eigenvalue weighted by molar-refractivity contribution is 4.75. The van der Waals surface area contributed by atoms with Gasteiger partial charge in [0.25, 0.3) is 0 Å². The van der Waals surface area contributed by atoms with Gasteiger partial charge in [0, 0.05) is 25.8 Å². The molecule has 0 spiro atoms. The number of hydrogen-bond donors (Lipinski definition) is 1. The van der Waals surface area contributed by atoms with Crippen molar-refractivity contribution in [2.75, 3.05) is 39.4 Å². The molecule has 2 aliphatic rings. The van der Waals surface area contributed by atoms with E-state index in [1.54, 1.807) is 0 Å². The average Bonchev–Trinajstić information content (AvgIpc) is 2.81. The molecule has 2 aliphatic heterocycles. The summed E-state index contributed by atoms with van der Waals surface area (Å²) >= 11 is 0. The molecule has 2 heterocycles. The summed E-state index contributed by atoms with van der Waals surface area (Å²) in [4.78, 5) is 2.67. The summed E-state index contributed by atoms with van der Waals surface area (Å²) in [5.41, 5.74) is 0. The van der Waals surface area contributed by atoms with Crippen LogP contribution >= 0.6 is 0 Å². The van der Waals surface area contributed by atoms with Crippen LogP contribution in [0.2, 0.25) is 0 Å². The smallest absolute Gasteiger partial charge is 0.0495 e. The van der Waals surface area contributed by atoms with Crippen LogP contribution in [0.1, 0.15) is 33.1 Å². The molecule has 2 fully saturated rings. The average molecular weight is 240 g/mol. The predicted molar refractivity (Wildman–Crippen MR) is 71.2 cm³/mol. The van der Waals surface area contributed by atoms with Crippen molar-refractivity contribution in [1.82, 2.24) is 10.2 Å². The SMILES string of the molecule is CC1CNC(C)CCN(CCC2CCOC2)C1. The summed E-state index contributed by atoms with van der Waals surface area (Å²) in [6.07, 6.45) is 3.89. The zero-order valence-electron chi connectivity index (χ0n) is 11.5. The highest BCUT2D eigenvalue weighted by Crippen LogP contribution is 2.17. The lowest BCUT2D eigenvalue weighted by Crippen LogP contribution is -2.43. The summed E-state index contributed by atoms with van der Waals surface area (Å²) in [5, 5.41) is 3.61. The van der Waals surface area contributed by atoms with Crippen LogP contribution in [-0.4, -0.2) is 50.3 Å². The molecule has 0 amide bonds. The zero-order valence-corrected chi connectivity index (χ0v) is 11.5. The van der Waals surface area contributed by atoms with Crippen molar-refractivity contribution in [3.05, 3.63) is 0 Å². The van der Waals surface area contributed by atoms with Crippen molar-refractivity contribution in [2.45, 2.75) is 39.2 Å². The normalized spacial score (nSPS) is 36.7. The van der Waals surface area contributed by atoms with Gasteiger partial charge < -0.3 is 15.0 Å². The van der Waals surface area contributed by atoms with Gasteiger partial charge in [0.2, 0.25) is 0 Å². The van der Waals surface area contributed by atoms with E-state index in [2.05, 4.69) is 24.1 Å². The molecule has 3 nitrogen and oxygen atoms in total. The van der Waals surface area contributed by atoms with Crippen LogP contribution in [0.25, 0.3) is 0 Å². The Kier molecular flexibility index (Phi) is 5.26. The first-order valence-electron chi connectivity index (χ1n) is 7.27. The summed E-state index contributed by atoms with van der Waals surface area (Å²) < 4.78 is 5.45. The lowest BCUT2D eigenvalue weighted by Gasteiger charge is -2.31. The second kappa shape index (κ2) is 6.72. The maximum atomic E-state index is 5.45. The van der Waals surface area contributed by atoms with Crippen molar-refractivity contribution in [3.63, 3.8) is 0 Å². The third-order valence-corrected chi connectivity index (χ3v) is 4.14. The van der Waals surface area contributed by atoms with Gasteiger partial charge in [-0.1, -0.05) is 6.92 Å². The third-order valence-electron chi connectivity index (χ3n) is 4.14. The van der Waals surface area contributed by atoms with E-state index in [-0.39, 0.29) is 0 Å². The van der Waals surface area contributed by atoms with E-state index >= 15 is 0 Å². The minimum Gasteiger partial charge on any atom is -0.381 e. The highest BCUT2D eigenvalue weighted by atomic mass is 16.5. The largest absolute Gasteiger partial charge is 0.381 e. The molecule has 0 radical (unpaired) electrons. The second-order valence-corrected chi connectivity index (χ2v) is 6.02. The lowest BCUT2D eigenvalue weighted by molar-refractivity contribution is 0.167. The van der Waals surface area contributed by atoms with E-state index in [1.165, 1.54) is 45.4 Å². The Morgan fingerprint density at radius 1 is 1.29 bits per heavy atom. The molecule has 0 aromatic heterocycles. The van der Waals surface area contributed by atoms with Gasteiger partial charge in [-0.05, 0) is 57.7 Å². The van der Waals surface area contributed by atoms with Crippen molar-refractivity contribution in [1.29, 1.82) is 0 Å². The molecule has 3 heteroatoms. The van der Waals surface area contributed by atoms with Gasteiger partial charge in [-0.3, -0.25) is 0 Å². The number of nitrogens with one attached hydrogen (secondary N) is 1. The first kappa shape index (κ1) is 13.3. The molecule has 2 saturated heterocycles. The summed E-state index contributed by atoms with van der Waals surface area (Å²) in [7, 11) is 0. The lowest BCUT2D eigenvalue weighted by atomic mass is 10.0. The van der Waals surface area contributed by atoms with Crippen LogP contribution < -0.4 is 5.32 Å². The Labute approximate surface area is 106 Å². The molecule has 3 atom stereocenters. The molecular weight excluding hydrogens is 212 g/mol. The molecule has 0 aliphatic carbocycles. The predicted octanol–water partition coefficient (Wildman–Crippen LogP) is 1.73. The maximum Gasteiger partial charge on any atom is 0.0495 e. The monoisotopic (exact) mass is 240 g/mol. The van der Waals surface area contributed by atoms with Gasteiger partial charge in [-0.2, -0.15) is 0 Å².